The number of carbonyl (C=O) groups is 4. The van der Waals surface area contributed by atoms with Crippen LogP contribution >= 0.6 is 0 Å². The summed E-state index contributed by atoms with van der Waals surface area (Å²) in [6, 6.07) is -0.879. The molecule has 0 aromatic rings. The van der Waals surface area contributed by atoms with Gasteiger partial charge in [-0.25, -0.2) is 9.80 Å². The fraction of sp³-hybridized carbons (Fsp3) is 0.600. The molecular formula is C15H20N4O5. The van der Waals surface area contributed by atoms with Crippen LogP contribution in [-0.2, 0) is 14.4 Å². The number of aliphatic hydroxyl groups excluding tert-OH is 1. The van der Waals surface area contributed by atoms with Gasteiger partial charge in [-0.15, -0.1) is 0 Å². The van der Waals surface area contributed by atoms with Crippen LogP contribution in [0.1, 0.15) is 32.6 Å². The molecule has 2 saturated heterocycles. The van der Waals surface area contributed by atoms with Gasteiger partial charge < -0.3 is 10.4 Å². The molecule has 3 rings (SSSR count). The second-order valence-electron chi connectivity index (χ2n) is 6.54. The Kier molecular flexibility index (Phi) is 4.27. The van der Waals surface area contributed by atoms with Crippen LogP contribution in [0.2, 0.25) is 0 Å². The number of nitrogens with one attached hydrogen (secondary N) is 3. The summed E-state index contributed by atoms with van der Waals surface area (Å²) in [6.45, 7) is 2.16. The minimum absolute atomic E-state index is 0.0617. The summed E-state index contributed by atoms with van der Waals surface area (Å²) < 4.78 is 0. The van der Waals surface area contributed by atoms with E-state index in [4.69, 9.17) is 0 Å². The molecule has 0 radical (unpaired) electrons. The number of carbonyl (C=O) groups excluding carboxylic acids is 4. The highest BCUT2D eigenvalue weighted by Crippen LogP contribution is 2.29. The number of imide groups is 1. The molecule has 130 valence electrons. The first-order chi connectivity index (χ1) is 11.4. The van der Waals surface area contributed by atoms with Crippen molar-refractivity contribution in [1.82, 2.24) is 21.1 Å². The van der Waals surface area contributed by atoms with Crippen molar-refractivity contribution < 1.29 is 24.3 Å². The molecule has 2 aliphatic heterocycles. The van der Waals surface area contributed by atoms with Gasteiger partial charge in [0.05, 0.1) is 6.04 Å². The Morgan fingerprint density at radius 2 is 1.79 bits per heavy atom. The van der Waals surface area contributed by atoms with E-state index >= 15 is 0 Å². The van der Waals surface area contributed by atoms with Crippen LogP contribution in [0.15, 0.2) is 11.6 Å². The van der Waals surface area contributed by atoms with Crippen molar-refractivity contribution in [1.29, 1.82) is 0 Å². The average Bonchev–Trinajstić information content (AvgIpc) is 2.79. The average molecular weight is 336 g/mol. The second-order valence-corrected chi connectivity index (χ2v) is 6.54. The summed E-state index contributed by atoms with van der Waals surface area (Å²) in [6.07, 6.45) is 3.22. The SMILES string of the molecule is CC1CCC(N2NC(=O)/C(=C\C3C(=O)NC(=O)NC3O)C2=O)CC1. The first-order valence-electron chi connectivity index (χ1n) is 8.02. The van der Waals surface area contributed by atoms with Crippen LogP contribution in [0.25, 0.3) is 0 Å². The third kappa shape index (κ3) is 2.99. The Morgan fingerprint density at radius 1 is 1.12 bits per heavy atom. The molecule has 1 saturated carbocycles. The van der Waals surface area contributed by atoms with Crippen molar-refractivity contribution in [2.24, 2.45) is 11.8 Å². The van der Waals surface area contributed by atoms with Gasteiger partial charge in [-0.1, -0.05) is 6.92 Å². The lowest BCUT2D eigenvalue weighted by molar-refractivity contribution is -0.131. The van der Waals surface area contributed by atoms with E-state index in [0.29, 0.717) is 5.92 Å². The number of rotatable bonds is 2. The first-order valence-corrected chi connectivity index (χ1v) is 8.02. The maximum atomic E-state index is 12.5. The van der Waals surface area contributed by atoms with Crippen LogP contribution in [0.3, 0.4) is 0 Å². The van der Waals surface area contributed by atoms with E-state index in [0.717, 1.165) is 31.8 Å². The number of nitrogens with zero attached hydrogens (tertiary/aromatic N) is 1. The molecule has 3 aliphatic rings. The third-order valence-electron chi connectivity index (χ3n) is 4.77. The molecule has 0 aromatic carbocycles. The van der Waals surface area contributed by atoms with E-state index in [9.17, 15) is 24.3 Å². The van der Waals surface area contributed by atoms with E-state index in [1.54, 1.807) is 0 Å². The fourth-order valence-corrected chi connectivity index (χ4v) is 3.30. The van der Waals surface area contributed by atoms with E-state index in [1.807, 2.05) is 5.32 Å². The molecule has 2 atom stereocenters. The quantitative estimate of drug-likeness (QED) is 0.385. The third-order valence-corrected chi connectivity index (χ3v) is 4.77. The van der Waals surface area contributed by atoms with Crippen molar-refractivity contribution in [3.63, 3.8) is 0 Å². The lowest BCUT2D eigenvalue weighted by atomic mass is 9.87. The molecule has 9 heteroatoms. The number of urea groups is 1. The highest BCUT2D eigenvalue weighted by molar-refractivity contribution is 6.23. The highest BCUT2D eigenvalue weighted by Gasteiger charge is 2.41. The van der Waals surface area contributed by atoms with Gasteiger partial charge in [-0.05, 0) is 37.7 Å². The van der Waals surface area contributed by atoms with Crippen LogP contribution < -0.4 is 16.1 Å². The number of hydrogen-bond acceptors (Lipinski definition) is 5. The summed E-state index contributed by atoms with van der Waals surface area (Å²) in [7, 11) is 0. The predicted molar refractivity (Wildman–Crippen MR) is 80.7 cm³/mol. The standard InChI is InChI=1S/C15H20N4O5/c1-7-2-4-8(5-3-7)19-14(23)10(13(22)18-19)6-9-11(20)16-15(24)17-12(9)21/h6-9,11,20H,2-5H2,1H3,(H,18,22)(H2,16,17,21,24)/b10-6+. The second kappa shape index (κ2) is 6.23. The molecule has 3 fully saturated rings. The molecule has 0 spiro atoms. The van der Waals surface area contributed by atoms with E-state index < -0.39 is 35.9 Å². The minimum atomic E-state index is -1.48. The van der Waals surface area contributed by atoms with Crippen LogP contribution in [0.5, 0.6) is 0 Å². The van der Waals surface area contributed by atoms with Gasteiger partial charge in [-0.3, -0.25) is 25.1 Å². The highest BCUT2D eigenvalue weighted by atomic mass is 16.3. The maximum absolute atomic E-state index is 12.5. The van der Waals surface area contributed by atoms with Crippen molar-refractivity contribution in [2.75, 3.05) is 0 Å². The van der Waals surface area contributed by atoms with Crippen molar-refractivity contribution >= 4 is 23.8 Å². The van der Waals surface area contributed by atoms with Crippen LogP contribution in [0.4, 0.5) is 4.79 Å². The summed E-state index contributed by atoms with van der Waals surface area (Å²) in [5, 5.41) is 15.2. The molecule has 0 aromatic heterocycles. The van der Waals surface area contributed by atoms with Gasteiger partial charge in [0.25, 0.3) is 11.8 Å². The summed E-state index contributed by atoms with van der Waals surface area (Å²) in [4.78, 5) is 47.5. The van der Waals surface area contributed by atoms with Gasteiger partial charge in [0, 0.05) is 0 Å². The topological polar surface area (TPSA) is 128 Å². The number of hydrogen-bond donors (Lipinski definition) is 4. The van der Waals surface area contributed by atoms with E-state index in [2.05, 4.69) is 17.7 Å². The Bertz CT molecular complexity index is 623. The largest absolute Gasteiger partial charge is 0.372 e. The summed E-state index contributed by atoms with van der Waals surface area (Å²) >= 11 is 0. The van der Waals surface area contributed by atoms with Crippen LogP contribution in [-0.4, -0.2) is 46.1 Å². The molecule has 4 N–H and O–H groups in total. The molecule has 0 bridgehead atoms. The Balaban J connectivity index is 1.76. The zero-order chi connectivity index (χ0) is 17.4. The van der Waals surface area contributed by atoms with Gasteiger partial charge in [-0.2, -0.15) is 0 Å². The monoisotopic (exact) mass is 336 g/mol. The van der Waals surface area contributed by atoms with Crippen molar-refractivity contribution in [3.8, 4) is 0 Å². The van der Waals surface area contributed by atoms with Gasteiger partial charge in [0.15, 0.2) is 0 Å². The van der Waals surface area contributed by atoms with E-state index in [-0.39, 0.29) is 11.6 Å². The number of amides is 5. The summed E-state index contributed by atoms with van der Waals surface area (Å²) in [5.74, 6) is -2.45. The smallest absolute Gasteiger partial charge is 0.323 e. The Hall–Kier alpha value is -2.42. The van der Waals surface area contributed by atoms with E-state index in [1.165, 1.54) is 5.01 Å². The Morgan fingerprint density at radius 3 is 2.42 bits per heavy atom. The lowest BCUT2D eigenvalue weighted by Gasteiger charge is -2.32. The summed E-state index contributed by atoms with van der Waals surface area (Å²) in [5.41, 5.74) is 2.35. The fourth-order valence-electron chi connectivity index (χ4n) is 3.30. The zero-order valence-corrected chi connectivity index (χ0v) is 13.2. The van der Waals surface area contributed by atoms with Crippen molar-refractivity contribution in [2.45, 2.75) is 44.9 Å². The van der Waals surface area contributed by atoms with Gasteiger partial charge in [0.2, 0.25) is 5.91 Å². The minimum Gasteiger partial charge on any atom is -0.372 e. The molecule has 9 nitrogen and oxygen atoms in total. The van der Waals surface area contributed by atoms with Gasteiger partial charge >= 0.3 is 6.03 Å². The van der Waals surface area contributed by atoms with Gasteiger partial charge in [0.1, 0.15) is 17.7 Å². The number of aliphatic hydroxyl groups is 1. The zero-order valence-electron chi connectivity index (χ0n) is 13.2. The first kappa shape index (κ1) is 16.4. The molecule has 2 unspecified atom stereocenters. The number of hydrazine groups is 1. The predicted octanol–water partition coefficient (Wildman–Crippen LogP) is -0.861. The normalized spacial score (nSPS) is 35.8. The molecule has 2 heterocycles. The van der Waals surface area contributed by atoms with Crippen LogP contribution in [0, 0.1) is 11.8 Å². The van der Waals surface area contributed by atoms with Crippen molar-refractivity contribution in [3.05, 3.63) is 11.6 Å². The lowest BCUT2D eigenvalue weighted by Crippen LogP contribution is -2.57. The maximum Gasteiger partial charge on any atom is 0.323 e. The molecular weight excluding hydrogens is 316 g/mol. The molecule has 5 amide bonds. The Labute approximate surface area is 138 Å². The molecule has 1 aliphatic carbocycles. The molecule has 24 heavy (non-hydrogen) atoms.